The first-order valence-electron chi connectivity index (χ1n) is 9.94. The highest BCUT2D eigenvalue weighted by atomic mass is 16.5. The molecule has 1 aliphatic heterocycles. The van der Waals surface area contributed by atoms with Gasteiger partial charge in [0, 0.05) is 18.7 Å². The topological polar surface area (TPSA) is 76.4 Å². The molecule has 1 amide bonds. The molecule has 150 valence electrons. The van der Waals surface area contributed by atoms with E-state index in [1.807, 2.05) is 41.9 Å². The first-order valence-corrected chi connectivity index (χ1v) is 9.94. The van der Waals surface area contributed by atoms with E-state index in [1.165, 1.54) is 12.8 Å². The van der Waals surface area contributed by atoms with E-state index in [4.69, 9.17) is 4.74 Å². The third kappa shape index (κ3) is 3.15. The number of nitrogens with zero attached hydrogens (tertiary/aromatic N) is 6. The van der Waals surface area contributed by atoms with Gasteiger partial charge in [-0.1, -0.05) is 18.9 Å². The highest BCUT2D eigenvalue weighted by molar-refractivity contribution is 5.94. The molecule has 2 aliphatic rings. The van der Waals surface area contributed by atoms with Crippen molar-refractivity contribution in [2.24, 2.45) is 0 Å². The molecule has 0 spiro atoms. The van der Waals surface area contributed by atoms with Gasteiger partial charge < -0.3 is 9.64 Å². The standard InChI is InChI=1S/C20H28N6O2/c1-24(2)20(19-21-22-23-26(19)16-8-4-5-9-16)11-12-25(14-20)18(27)15-7-6-10-17(13-15)28-3/h6-7,10,13,16H,4-5,8-9,11-12,14H2,1-3H3. The Bertz CT molecular complexity index is 845. The first-order chi connectivity index (χ1) is 13.5. The smallest absolute Gasteiger partial charge is 0.254 e. The molecule has 1 aliphatic carbocycles. The lowest BCUT2D eigenvalue weighted by Gasteiger charge is -2.35. The third-order valence-electron chi connectivity index (χ3n) is 6.29. The number of hydrogen-bond acceptors (Lipinski definition) is 6. The van der Waals surface area contributed by atoms with Crippen molar-refractivity contribution in [3.05, 3.63) is 35.7 Å². The van der Waals surface area contributed by atoms with Crippen LogP contribution in [0, 0.1) is 0 Å². The minimum Gasteiger partial charge on any atom is -0.497 e. The van der Waals surface area contributed by atoms with Gasteiger partial charge in [0.05, 0.1) is 13.2 Å². The molecule has 2 fully saturated rings. The molecule has 2 heterocycles. The zero-order chi connectivity index (χ0) is 19.7. The molecule has 8 heteroatoms. The summed E-state index contributed by atoms with van der Waals surface area (Å²) in [7, 11) is 5.71. The minimum atomic E-state index is -0.374. The van der Waals surface area contributed by atoms with E-state index in [2.05, 4.69) is 20.4 Å². The Hall–Kier alpha value is -2.48. The lowest BCUT2D eigenvalue weighted by molar-refractivity contribution is 0.0737. The van der Waals surface area contributed by atoms with Gasteiger partial charge in [0.15, 0.2) is 5.82 Å². The summed E-state index contributed by atoms with van der Waals surface area (Å²) in [5, 5.41) is 12.8. The SMILES string of the molecule is COc1cccc(C(=O)N2CCC(c3nnnn3C3CCCC3)(N(C)C)C2)c1. The van der Waals surface area contributed by atoms with Gasteiger partial charge in [-0.3, -0.25) is 9.69 Å². The molecule has 1 saturated carbocycles. The molecule has 2 aromatic rings. The van der Waals surface area contributed by atoms with Gasteiger partial charge in [-0.05, 0) is 62.0 Å². The van der Waals surface area contributed by atoms with Crippen molar-refractivity contribution in [1.29, 1.82) is 0 Å². The Labute approximate surface area is 165 Å². The number of methoxy groups -OCH3 is 1. The van der Waals surface area contributed by atoms with Crippen LogP contribution in [0.4, 0.5) is 0 Å². The van der Waals surface area contributed by atoms with E-state index < -0.39 is 0 Å². The van der Waals surface area contributed by atoms with Crippen LogP contribution in [0.15, 0.2) is 24.3 Å². The number of rotatable bonds is 5. The van der Waals surface area contributed by atoms with Crippen molar-refractivity contribution in [2.45, 2.75) is 43.7 Å². The summed E-state index contributed by atoms with van der Waals surface area (Å²) < 4.78 is 7.29. The summed E-state index contributed by atoms with van der Waals surface area (Å²) in [5.74, 6) is 1.59. The van der Waals surface area contributed by atoms with Crippen LogP contribution < -0.4 is 4.74 Å². The number of likely N-dealkylation sites (N-methyl/N-ethyl adjacent to an activating group) is 1. The Morgan fingerprint density at radius 2 is 2.07 bits per heavy atom. The van der Waals surface area contributed by atoms with Crippen LogP contribution in [0.5, 0.6) is 5.75 Å². The summed E-state index contributed by atoms with van der Waals surface area (Å²) in [6.07, 6.45) is 5.49. The number of carbonyl (C=O) groups excluding carboxylic acids is 1. The maximum Gasteiger partial charge on any atom is 0.254 e. The summed E-state index contributed by atoms with van der Waals surface area (Å²) in [5.41, 5.74) is 0.268. The van der Waals surface area contributed by atoms with Crippen molar-refractivity contribution < 1.29 is 9.53 Å². The number of tetrazole rings is 1. The average Bonchev–Trinajstić information content (AvgIpc) is 3.47. The summed E-state index contributed by atoms with van der Waals surface area (Å²) in [4.78, 5) is 17.2. The van der Waals surface area contributed by atoms with E-state index >= 15 is 0 Å². The molecule has 1 aromatic carbocycles. The van der Waals surface area contributed by atoms with E-state index in [0.717, 1.165) is 25.1 Å². The van der Waals surface area contributed by atoms with Crippen molar-refractivity contribution in [3.8, 4) is 5.75 Å². The maximum atomic E-state index is 13.1. The minimum absolute atomic E-state index is 0.0162. The molecular weight excluding hydrogens is 356 g/mol. The highest BCUT2D eigenvalue weighted by Crippen LogP contribution is 2.39. The van der Waals surface area contributed by atoms with E-state index in [0.29, 0.717) is 30.4 Å². The van der Waals surface area contributed by atoms with Crippen LogP contribution in [0.25, 0.3) is 0 Å². The van der Waals surface area contributed by atoms with Crippen LogP contribution in [-0.2, 0) is 5.54 Å². The molecule has 0 N–H and O–H groups in total. The fourth-order valence-corrected chi connectivity index (χ4v) is 4.55. The Morgan fingerprint density at radius 1 is 1.29 bits per heavy atom. The quantitative estimate of drug-likeness (QED) is 0.786. The monoisotopic (exact) mass is 384 g/mol. The lowest BCUT2D eigenvalue weighted by Crippen LogP contribution is -2.47. The summed E-state index contributed by atoms with van der Waals surface area (Å²) in [6, 6.07) is 7.69. The third-order valence-corrected chi connectivity index (χ3v) is 6.29. The molecule has 8 nitrogen and oxygen atoms in total. The summed E-state index contributed by atoms with van der Waals surface area (Å²) in [6.45, 7) is 1.24. The van der Waals surface area contributed by atoms with Gasteiger partial charge in [0.2, 0.25) is 0 Å². The zero-order valence-corrected chi connectivity index (χ0v) is 16.8. The highest BCUT2D eigenvalue weighted by Gasteiger charge is 2.48. The second-order valence-electron chi connectivity index (χ2n) is 8.02. The molecule has 1 aromatic heterocycles. The molecule has 1 unspecified atom stereocenters. The molecule has 4 rings (SSSR count). The van der Waals surface area contributed by atoms with Crippen molar-refractivity contribution in [2.75, 3.05) is 34.3 Å². The van der Waals surface area contributed by atoms with Gasteiger partial charge in [0.1, 0.15) is 11.3 Å². The van der Waals surface area contributed by atoms with Crippen LogP contribution in [0.1, 0.15) is 54.3 Å². The first kappa shape index (κ1) is 18.9. The predicted octanol–water partition coefficient (Wildman–Crippen LogP) is 2.10. The largest absolute Gasteiger partial charge is 0.497 e. The lowest BCUT2D eigenvalue weighted by atomic mass is 9.95. The number of hydrogen-bond donors (Lipinski definition) is 0. The van der Waals surface area contributed by atoms with E-state index in [9.17, 15) is 4.79 Å². The van der Waals surface area contributed by atoms with Crippen molar-refractivity contribution in [1.82, 2.24) is 30.0 Å². The van der Waals surface area contributed by atoms with Gasteiger partial charge in [0.25, 0.3) is 5.91 Å². The van der Waals surface area contributed by atoms with Crippen LogP contribution >= 0.6 is 0 Å². The molecular formula is C20H28N6O2. The molecule has 28 heavy (non-hydrogen) atoms. The Morgan fingerprint density at radius 3 is 2.79 bits per heavy atom. The summed E-state index contributed by atoms with van der Waals surface area (Å²) >= 11 is 0. The maximum absolute atomic E-state index is 13.1. The fraction of sp³-hybridized carbons (Fsp3) is 0.600. The second kappa shape index (κ2) is 7.50. The number of carbonyl (C=O) groups is 1. The number of amides is 1. The number of likely N-dealkylation sites (tertiary alicyclic amines) is 1. The van der Waals surface area contributed by atoms with Crippen LogP contribution in [-0.4, -0.2) is 70.2 Å². The molecule has 0 radical (unpaired) electrons. The Balaban J connectivity index is 1.62. The second-order valence-corrected chi connectivity index (χ2v) is 8.02. The average molecular weight is 384 g/mol. The number of ether oxygens (including phenoxy) is 1. The zero-order valence-electron chi connectivity index (χ0n) is 16.8. The number of benzene rings is 1. The molecule has 1 saturated heterocycles. The van der Waals surface area contributed by atoms with Crippen LogP contribution in [0.2, 0.25) is 0 Å². The van der Waals surface area contributed by atoms with E-state index in [1.54, 1.807) is 13.2 Å². The van der Waals surface area contributed by atoms with Crippen molar-refractivity contribution in [3.63, 3.8) is 0 Å². The van der Waals surface area contributed by atoms with Gasteiger partial charge >= 0.3 is 0 Å². The molecule has 1 atom stereocenters. The van der Waals surface area contributed by atoms with Gasteiger partial charge in [-0.15, -0.1) is 5.10 Å². The van der Waals surface area contributed by atoms with Gasteiger partial charge in [-0.2, -0.15) is 0 Å². The fourth-order valence-electron chi connectivity index (χ4n) is 4.55. The predicted molar refractivity (Wildman–Crippen MR) is 104 cm³/mol. The van der Waals surface area contributed by atoms with Crippen LogP contribution in [0.3, 0.4) is 0 Å². The van der Waals surface area contributed by atoms with Gasteiger partial charge in [-0.25, -0.2) is 4.68 Å². The van der Waals surface area contributed by atoms with E-state index in [-0.39, 0.29) is 11.4 Å². The van der Waals surface area contributed by atoms with Crippen molar-refractivity contribution >= 4 is 5.91 Å². The normalized spacial score (nSPS) is 22.9. The number of aromatic nitrogens is 4. The molecule has 0 bridgehead atoms. The Kier molecular flexibility index (Phi) is 5.05.